The van der Waals surface area contributed by atoms with Crippen LogP contribution < -0.4 is 14.4 Å². The number of aliphatic hydroxyl groups excluding tert-OH is 1. The van der Waals surface area contributed by atoms with E-state index in [0.29, 0.717) is 51.2 Å². The van der Waals surface area contributed by atoms with Crippen molar-refractivity contribution in [3.05, 3.63) is 93.6 Å². The van der Waals surface area contributed by atoms with Gasteiger partial charge in [-0.15, -0.1) is 10.2 Å². The van der Waals surface area contributed by atoms with Crippen molar-refractivity contribution in [1.29, 1.82) is 0 Å². The lowest BCUT2D eigenvalue weighted by Crippen LogP contribution is -2.31. The summed E-state index contributed by atoms with van der Waals surface area (Å²) >= 11 is 8.92. The number of Topliss-reactive ketones (excluding diaryl/α,β-unsaturated/α-hetero) is 1. The van der Waals surface area contributed by atoms with Crippen LogP contribution in [0.5, 0.6) is 11.5 Å². The van der Waals surface area contributed by atoms with Crippen molar-refractivity contribution in [3.8, 4) is 11.5 Å². The Kier molecular flexibility index (Phi) is 10.3. The number of aryl methyl sites for hydroxylation is 1. The van der Waals surface area contributed by atoms with Crippen LogP contribution in [0.1, 0.15) is 66.6 Å². The second-order valence-corrected chi connectivity index (χ2v) is 12.6. The summed E-state index contributed by atoms with van der Waals surface area (Å²) in [5, 5.41) is 20.6. The number of benzene rings is 2. The second-order valence-electron chi connectivity index (χ2n) is 10.0. The predicted octanol–water partition coefficient (Wildman–Crippen LogP) is 8.14. The molecule has 3 heterocycles. The van der Waals surface area contributed by atoms with E-state index in [9.17, 15) is 14.7 Å². The van der Waals surface area contributed by atoms with Crippen LogP contribution in [0.4, 0.5) is 5.13 Å². The Hall–Kier alpha value is -3.80. The van der Waals surface area contributed by atoms with Gasteiger partial charge >= 0.3 is 0 Å². The van der Waals surface area contributed by atoms with Crippen LogP contribution in [0.2, 0.25) is 5.02 Å². The minimum absolute atomic E-state index is 0.0119. The highest BCUT2D eigenvalue weighted by Gasteiger charge is 2.47. The van der Waals surface area contributed by atoms with Crippen LogP contribution in [-0.2, 0) is 10.5 Å². The molecule has 9 nitrogen and oxygen atoms in total. The molecular formula is C32H32ClN3O6S2. The summed E-state index contributed by atoms with van der Waals surface area (Å²) < 4.78 is 18.1. The molecule has 5 rings (SSSR count). The Labute approximate surface area is 268 Å². The van der Waals surface area contributed by atoms with Gasteiger partial charge in [-0.25, -0.2) is 0 Å². The smallest absolute Gasteiger partial charge is 0.296 e. The maximum atomic E-state index is 13.8. The molecule has 0 bridgehead atoms. The largest absolute Gasteiger partial charge is 0.503 e. The van der Waals surface area contributed by atoms with Gasteiger partial charge in [0.1, 0.15) is 5.76 Å². The zero-order chi connectivity index (χ0) is 31.2. The van der Waals surface area contributed by atoms with Crippen LogP contribution in [0.25, 0.3) is 0 Å². The Morgan fingerprint density at radius 2 is 1.91 bits per heavy atom. The summed E-state index contributed by atoms with van der Waals surface area (Å²) in [5.74, 6) is 0.0665. The van der Waals surface area contributed by atoms with Crippen LogP contribution in [0, 0.1) is 6.92 Å². The Balaban J connectivity index is 1.51. The number of nitrogens with zero attached hydrogens (tertiary/aromatic N) is 3. The molecule has 2 aromatic heterocycles. The van der Waals surface area contributed by atoms with Crippen LogP contribution in [0.15, 0.2) is 74.7 Å². The molecule has 1 aliphatic rings. The molecule has 0 saturated heterocycles. The number of aromatic nitrogens is 2. The van der Waals surface area contributed by atoms with Gasteiger partial charge in [0.25, 0.3) is 5.91 Å². The predicted molar refractivity (Wildman–Crippen MR) is 171 cm³/mol. The van der Waals surface area contributed by atoms with Crippen LogP contribution in [0.3, 0.4) is 0 Å². The topological polar surface area (TPSA) is 115 Å². The number of furan rings is 1. The van der Waals surface area contributed by atoms with E-state index in [-0.39, 0.29) is 16.5 Å². The van der Waals surface area contributed by atoms with E-state index in [2.05, 4.69) is 17.1 Å². The number of hydrogen-bond acceptors (Lipinski definition) is 10. The number of halogens is 1. The standard InChI is InChI=1S/C32H32ClN3O6S2/c1-4-6-9-16-41-23-15-13-20(17-25(23)40-5-2)27-26(28(37)24-14-12-19(3)42-24)29(38)30(39)36(27)31-34-35-32(44-31)43-18-21-10-7-8-11-22(21)33/h7-8,10-15,17,27,38H,4-6,9,16,18H2,1-3H3. The summed E-state index contributed by atoms with van der Waals surface area (Å²) in [6.07, 6.45) is 3.02. The minimum Gasteiger partial charge on any atom is -0.503 e. The third-order valence-corrected chi connectivity index (χ3v) is 9.39. The average Bonchev–Trinajstić information content (AvgIpc) is 3.73. The first-order valence-electron chi connectivity index (χ1n) is 14.3. The van der Waals surface area contributed by atoms with E-state index in [1.807, 2.05) is 31.2 Å². The van der Waals surface area contributed by atoms with E-state index in [4.69, 9.17) is 25.5 Å². The van der Waals surface area contributed by atoms with E-state index >= 15 is 0 Å². The highest BCUT2D eigenvalue weighted by molar-refractivity contribution is 8.00. The molecule has 1 amide bonds. The number of rotatable bonds is 14. The highest BCUT2D eigenvalue weighted by atomic mass is 35.5. The van der Waals surface area contributed by atoms with Gasteiger partial charge in [-0.3, -0.25) is 14.5 Å². The number of carbonyl (C=O) groups excluding carboxylic acids is 2. The molecule has 12 heteroatoms. The molecule has 44 heavy (non-hydrogen) atoms. The molecular weight excluding hydrogens is 622 g/mol. The van der Waals surface area contributed by atoms with E-state index in [1.165, 1.54) is 34.1 Å². The van der Waals surface area contributed by atoms with Crippen molar-refractivity contribution < 1.29 is 28.6 Å². The highest BCUT2D eigenvalue weighted by Crippen LogP contribution is 2.45. The number of carbonyl (C=O) groups is 2. The SMILES string of the molecule is CCCCCOc1ccc(C2C(C(=O)c3ccc(C)o3)=C(O)C(=O)N2c2nnc(SCc3ccccc3Cl)s2)cc1OCC. The van der Waals surface area contributed by atoms with Crippen molar-refractivity contribution in [3.63, 3.8) is 0 Å². The van der Waals surface area contributed by atoms with Crippen molar-refractivity contribution in [2.24, 2.45) is 0 Å². The first-order chi connectivity index (χ1) is 21.3. The zero-order valence-electron chi connectivity index (χ0n) is 24.5. The Morgan fingerprint density at radius 1 is 1.09 bits per heavy atom. The average molecular weight is 654 g/mol. The number of amides is 1. The van der Waals surface area contributed by atoms with Gasteiger partial charge in [-0.1, -0.05) is 78.7 Å². The summed E-state index contributed by atoms with van der Waals surface area (Å²) in [7, 11) is 0. The Bertz CT molecular complexity index is 1680. The molecule has 4 aromatic rings. The zero-order valence-corrected chi connectivity index (χ0v) is 26.9. The molecule has 0 spiro atoms. The number of ketones is 1. The fraction of sp³-hybridized carbons (Fsp3) is 0.312. The molecule has 1 unspecified atom stereocenters. The van der Waals surface area contributed by atoms with Crippen LogP contribution in [-0.4, -0.2) is 40.2 Å². The normalized spacial score (nSPS) is 14.9. The van der Waals surface area contributed by atoms with Gasteiger partial charge in [0.05, 0.1) is 24.8 Å². The molecule has 2 aromatic carbocycles. The molecule has 0 fully saturated rings. The van der Waals surface area contributed by atoms with Crippen molar-refractivity contribution in [2.75, 3.05) is 18.1 Å². The van der Waals surface area contributed by atoms with Crippen molar-refractivity contribution in [2.45, 2.75) is 56.2 Å². The third kappa shape index (κ3) is 6.80. The lowest BCUT2D eigenvalue weighted by molar-refractivity contribution is -0.117. The Morgan fingerprint density at radius 3 is 2.64 bits per heavy atom. The number of aliphatic hydroxyl groups is 1. The van der Waals surface area contributed by atoms with E-state index in [1.54, 1.807) is 31.2 Å². The lowest BCUT2D eigenvalue weighted by Gasteiger charge is -2.25. The number of thioether (sulfide) groups is 1. The lowest BCUT2D eigenvalue weighted by atomic mass is 9.95. The second kappa shape index (κ2) is 14.3. The molecule has 1 atom stereocenters. The monoisotopic (exact) mass is 653 g/mol. The van der Waals surface area contributed by atoms with E-state index < -0.39 is 23.5 Å². The number of hydrogen-bond donors (Lipinski definition) is 1. The molecule has 230 valence electrons. The molecule has 0 aliphatic carbocycles. The summed E-state index contributed by atoms with van der Waals surface area (Å²) in [5.41, 5.74) is 1.34. The van der Waals surface area contributed by atoms with Crippen molar-refractivity contribution >= 4 is 51.5 Å². The van der Waals surface area contributed by atoms with Gasteiger partial charge in [-0.05, 0) is 61.7 Å². The van der Waals surface area contributed by atoms with Gasteiger partial charge in [-0.2, -0.15) is 0 Å². The fourth-order valence-corrected chi connectivity index (χ4v) is 6.92. The number of anilines is 1. The first kappa shape index (κ1) is 31.6. The molecule has 0 saturated carbocycles. The van der Waals surface area contributed by atoms with Gasteiger partial charge in [0.15, 0.2) is 27.4 Å². The fourth-order valence-electron chi connectivity index (χ4n) is 4.77. The summed E-state index contributed by atoms with van der Waals surface area (Å²) in [6.45, 7) is 6.61. The maximum Gasteiger partial charge on any atom is 0.296 e. The number of unbranched alkanes of at least 4 members (excludes halogenated alkanes) is 2. The molecule has 0 radical (unpaired) electrons. The first-order valence-corrected chi connectivity index (χ1v) is 16.5. The van der Waals surface area contributed by atoms with E-state index in [0.717, 1.165) is 24.8 Å². The van der Waals surface area contributed by atoms with Gasteiger partial charge in [0.2, 0.25) is 10.9 Å². The molecule has 1 aliphatic heterocycles. The van der Waals surface area contributed by atoms with Crippen molar-refractivity contribution in [1.82, 2.24) is 10.2 Å². The summed E-state index contributed by atoms with van der Waals surface area (Å²) in [6, 6.07) is 14.9. The van der Waals surface area contributed by atoms with Gasteiger partial charge in [0, 0.05) is 10.8 Å². The third-order valence-electron chi connectivity index (χ3n) is 6.92. The quantitative estimate of drug-likeness (QED) is 0.0623. The summed E-state index contributed by atoms with van der Waals surface area (Å²) in [4.78, 5) is 28.7. The van der Waals surface area contributed by atoms with Crippen LogP contribution >= 0.6 is 34.7 Å². The van der Waals surface area contributed by atoms with Gasteiger partial charge < -0.3 is 19.0 Å². The number of ether oxygens (including phenoxy) is 2. The molecule has 1 N–H and O–H groups in total. The maximum absolute atomic E-state index is 13.8. The minimum atomic E-state index is -1.02.